The van der Waals surface area contributed by atoms with Gasteiger partial charge in [-0.25, -0.2) is 0 Å². The molecule has 174 valence electrons. The highest BCUT2D eigenvalue weighted by Gasteiger charge is 2.45. The van der Waals surface area contributed by atoms with Crippen LogP contribution in [0.15, 0.2) is 123 Å². The Bertz CT molecular complexity index is 1220. The van der Waals surface area contributed by atoms with Crippen LogP contribution >= 0.6 is 0 Å². The van der Waals surface area contributed by atoms with Crippen LogP contribution in [0.4, 0.5) is 0 Å². The molecule has 4 aromatic rings. The predicted octanol–water partition coefficient (Wildman–Crippen LogP) is 7.04. The van der Waals surface area contributed by atoms with Crippen molar-refractivity contribution in [2.45, 2.75) is 5.41 Å². The number of hydrogen-bond acceptors (Lipinski definition) is 4. The zero-order valence-electron chi connectivity index (χ0n) is 19.4. The van der Waals surface area contributed by atoms with Crippen molar-refractivity contribution >= 4 is 0 Å². The van der Waals surface area contributed by atoms with Gasteiger partial charge in [0.25, 0.3) is 0 Å². The van der Waals surface area contributed by atoms with Crippen molar-refractivity contribution in [3.63, 3.8) is 0 Å². The number of hydrogen-bond donors (Lipinski definition) is 0. The Morgan fingerprint density at radius 3 is 1.34 bits per heavy atom. The molecular weight excluding hydrogens is 436 g/mol. The smallest absolute Gasteiger partial charge is 0.229 e. The van der Waals surface area contributed by atoms with Gasteiger partial charge < -0.3 is 18.9 Å². The molecule has 1 aliphatic rings. The monoisotopic (exact) mass is 462 g/mol. The summed E-state index contributed by atoms with van der Waals surface area (Å²) >= 11 is 0. The van der Waals surface area contributed by atoms with E-state index in [2.05, 4.69) is 86.0 Å². The van der Waals surface area contributed by atoms with Crippen molar-refractivity contribution in [1.29, 1.82) is 0 Å². The molecule has 0 spiro atoms. The fourth-order valence-corrected chi connectivity index (χ4v) is 4.93. The van der Waals surface area contributed by atoms with E-state index >= 15 is 0 Å². The van der Waals surface area contributed by atoms with E-state index in [1.54, 1.807) is 0 Å². The SMILES string of the molecule is C=COCOc1ccc(C2(c3ccc(OCOC=C)cc3)c3ccccc3-c3ccccc32)cc1. The fourth-order valence-electron chi connectivity index (χ4n) is 4.93. The zero-order valence-corrected chi connectivity index (χ0v) is 19.4. The highest BCUT2D eigenvalue weighted by atomic mass is 16.7. The number of rotatable bonds is 10. The van der Waals surface area contributed by atoms with Gasteiger partial charge in [-0.3, -0.25) is 0 Å². The largest absolute Gasteiger partial charge is 0.466 e. The normalized spacial score (nSPS) is 12.7. The first-order chi connectivity index (χ1) is 17.3. The molecule has 0 amide bonds. The Labute approximate surface area is 205 Å². The lowest BCUT2D eigenvalue weighted by Gasteiger charge is -2.34. The number of benzene rings is 4. The first-order valence-corrected chi connectivity index (χ1v) is 11.4. The van der Waals surface area contributed by atoms with Crippen LogP contribution < -0.4 is 9.47 Å². The molecule has 0 saturated heterocycles. The van der Waals surface area contributed by atoms with Gasteiger partial charge in [0.1, 0.15) is 11.5 Å². The van der Waals surface area contributed by atoms with Crippen LogP contribution in [0.2, 0.25) is 0 Å². The van der Waals surface area contributed by atoms with Crippen molar-refractivity contribution in [3.05, 3.63) is 145 Å². The Morgan fingerprint density at radius 1 is 0.543 bits per heavy atom. The molecule has 4 aromatic carbocycles. The lowest BCUT2D eigenvalue weighted by Crippen LogP contribution is -2.28. The van der Waals surface area contributed by atoms with Gasteiger partial charge in [-0.15, -0.1) is 0 Å². The molecule has 0 aliphatic heterocycles. The molecule has 0 fully saturated rings. The number of ether oxygens (including phenoxy) is 4. The topological polar surface area (TPSA) is 36.9 Å². The molecule has 4 nitrogen and oxygen atoms in total. The second kappa shape index (κ2) is 9.82. The molecule has 0 atom stereocenters. The summed E-state index contributed by atoms with van der Waals surface area (Å²) in [6.45, 7) is 7.34. The van der Waals surface area contributed by atoms with Crippen LogP contribution in [-0.4, -0.2) is 13.6 Å². The molecule has 5 rings (SSSR count). The van der Waals surface area contributed by atoms with Gasteiger partial charge in [0.05, 0.1) is 17.9 Å². The number of fused-ring (bicyclic) bond motifs is 3. The molecule has 0 heterocycles. The molecule has 0 aromatic heterocycles. The summed E-state index contributed by atoms with van der Waals surface area (Å²) < 4.78 is 21.6. The van der Waals surface area contributed by atoms with Crippen molar-refractivity contribution < 1.29 is 18.9 Å². The molecular formula is C31H26O4. The average Bonchev–Trinajstić information content (AvgIpc) is 3.21. The maximum Gasteiger partial charge on any atom is 0.229 e. The van der Waals surface area contributed by atoms with Crippen LogP contribution in [0.25, 0.3) is 11.1 Å². The molecule has 1 aliphatic carbocycles. The van der Waals surface area contributed by atoms with Crippen molar-refractivity contribution in [2.75, 3.05) is 13.6 Å². The molecule has 0 radical (unpaired) electrons. The Balaban J connectivity index is 1.65. The quantitative estimate of drug-likeness (QED) is 0.127. The van der Waals surface area contributed by atoms with Crippen molar-refractivity contribution in [3.8, 4) is 22.6 Å². The highest BCUT2D eigenvalue weighted by molar-refractivity contribution is 5.86. The van der Waals surface area contributed by atoms with E-state index in [0.29, 0.717) is 0 Å². The maximum atomic E-state index is 5.68. The summed E-state index contributed by atoms with van der Waals surface area (Å²) in [4.78, 5) is 0. The van der Waals surface area contributed by atoms with Gasteiger partial charge in [-0.1, -0.05) is 86.0 Å². The summed E-state index contributed by atoms with van der Waals surface area (Å²) in [5.41, 5.74) is 6.78. The van der Waals surface area contributed by atoms with E-state index in [-0.39, 0.29) is 13.6 Å². The van der Waals surface area contributed by atoms with Crippen LogP contribution in [0.1, 0.15) is 22.3 Å². The lowest BCUT2D eigenvalue weighted by molar-refractivity contribution is 0.0804. The maximum absolute atomic E-state index is 5.68. The van der Waals surface area contributed by atoms with Crippen molar-refractivity contribution in [2.24, 2.45) is 0 Å². The van der Waals surface area contributed by atoms with Gasteiger partial charge in [-0.2, -0.15) is 0 Å². The van der Waals surface area contributed by atoms with E-state index < -0.39 is 5.41 Å². The van der Waals surface area contributed by atoms with E-state index in [4.69, 9.17) is 18.9 Å². The van der Waals surface area contributed by atoms with E-state index in [1.165, 1.54) is 34.8 Å². The van der Waals surface area contributed by atoms with Crippen LogP contribution in [0.3, 0.4) is 0 Å². The van der Waals surface area contributed by atoms with Crippen molar-refractivity contribution in [1.82, 2.24) is 0 Å². The molecule has 0 unspecified atom stereocenters. The van der Waals surface area contributed by atoms with E-state index in [9.17, 15) is 0 Å². The first kappa shape index (κ1) is 22.4. The second-order valence-electron chi connectivity index (χ2n) is 8.08. The minimum absolute atomic E-state index is 0.122. The van der Waals surface area contributed by atoms with E-state index in [1.807, 2.05) is 24.3 Å². The van der Waals surface area contributed by atoms with Gasteiger partial charge >= 0.3 is 0 Å². The molecule has 0 N–H and O–H groups in total. The van der Waals surface area contributed by atoms with Crippen LogP contribution in [0, 0.1) is 0 Å². The summed E-state index contributed by atoms with van der Waals surface area (Å²) in [7, 11) is 0. The van der Waals surface area contributed by atoms with Crippen LogP contribution in [0.5, 0.6) is 11.5 Å². The lowest BCUT2D eigenvalue weighted by atomic mass is 9.68. The third kappa shape index (κ3) is 3.93. The second-order valence-corrected chi connectivity index (χ2v) is 8.08. The molecule has 4 heteroatoms. The fraction of sp³-hybridized carbons (Fsp3) is 0.0968. The minimum atomic E-state index is -0.487. The average molecular weight is 463 g/mol. The summed E-state index contributed by atoms with van der Waals surface area (Å²) in [6, 6.07) is 33.7. The van der Waals surface area contributed by atoms with E-state index in [0.717, 1.165) is 22.6 Å². The molecule has 35 heavy (non-hydrogen) atoms. The Morgan fingerprint density at radius 2 is 0.943 bits per heavy atom. The summed E-state index contributed by atoms with van der Waals surface area (Å²) in [6.07, 6.45) is 2.74. The predicted molar refractivity (Wildman–Crippen MR) is 137 cm³/mol. The van der Waals surface area contributed by atoms with Gasteiger partial charge in [0.15, 0.2) is 0 Å². The zero-order chi connectivity index (χ0) is 24.1. The minimum Gasteiger partial charge on any atom is -0.466 e. The van der Waals surface area contributed by atoms with Gasteiger partial charge in [0.2, 0.25) is 13.6 Å². The third-order valence-electron chi connectivity index (χ3n) is 6.35. The molecule has 0 saturated carbocycles. The van der Waals surface area contributed by atoms with Gasteiger partial charge in [-0.05, 0) is 57.6 Å². The Hall–Kier alpha value is -4.44. The summed E-state index contributed by atoms with van der Waals surface area (Å²) in [5.74, 6) is 1.47. The first-order valence-electron chi connectivity index (χ1n) is 11.4. The van der Waals surface area contributed by atoms with Gasteiger partial charge in [0, 0.05) is 0 Å². The third-order valence-corrected chi connectivity index (χ3v) is 6.35. The summed E-state index contributed by atoms with van der Waals surface area (Å²) in [5, 5.41) is 0. The highest BCUT2D eigenvalue weighted by Crippen LogP contribution is 2.56. The van der Waals surface area contributed by atoms with Crippen LogP contribution in [-0.2, 0) is 14.9 Å². The standard InChI is InChI=1S/C31H26O4/c1-3-32-21-34-25-17-13-23(14-18-25)31(24-15-19-26(20-16-24)35-22-33-4-2)29-11-7-5-9-27(29)28-10-6-8-12-30(28)31/h3-20H,1-2,21-22H2. The Kier molecular flexibility index (Phi) is 6.27. The molecule has 0 bridgehead atoms.